The van der Waals surface area contributed by atoms with Crippen molar-refractivity contribution in [1.82, 2.24) is 0 Å². The highest BCUT2D eigenvalue weighted by molar-refractivity contribution is 5.96. The Hall–Kier alpha value is -3.80. The summed E-state index contributed by atoms with van der Waals surface area (Å²) in [5, 5.41) is 0. The Balaban J connectivity index is 1.51. The van der Waals surface area contributed by atoms with Gasteiger partial charge in [0.05, 0.1) is 7.89 Å². The highest BCUT2D eigenvalue weighted by atomic mass is 19.1. The van der Waals surface area contributed by atoms with Crippen molar-refractivity contribution in [2.24, 2.45) is 17.8 Å². The molecule has 0 N–H and O–H groups in total. The maximum atomic E-state index is 15.6. The lowest BCUT2D eigenvalue weighted by atomic mass is 9.87. The Morgan fingerprint density at radius 3 is 2.31 bits per heavy atom. The summed E-state index contributed by atoms with van der Waals surface area (Å²) in [5.74, 6) is -1.23. The van der Waals surface area contributed by atoms with E-state index >= 15 is 4.39 Å². The standard InChI is InChI=1S/C33H34F2N2O2/c1-21(38)4-5-23-15-28(34)19-30(16-23)37(33(39)31-17-22-6-7-26(31)14-22)20-27-9-8-25(18-32(27)35)24-10-12-29(13-11-24)36(2)3/h4-5,8-13,15-16,18-19,22,26,31H,6-7,14,17,20H2,1-3H3/b5-4+/t22-,26+,31-/m0/s1/i20D/t20-,22+,26-,31+/m1. The summed E-state index contributed by atoms with van der Waals surface area (Å²) in [6.07, 6.45) is 6.59. The van der Waals surface area contributed by atoms with E-state index in [0.29, 0.717) is 17.0 Å². The highest BCUT2D eigenvalue weighted by Gasteiger charge is 2.44. The Labute approximate surface area is 230 Å². The van der Waals surface area contributed by atoms with Crippen molar-refractivity contribution in [1.29, 1.82) is 0 Å². The lowest BCUT2D eigenvalue weighted by molar-refractivity contribution is -0.124. The van der Waals surface area contributed by atoms with Crippen molar-refractivity contribution >= 4 is 29.1 Å². The molecular formula is C33H34F2N2O2. The summed E-state index contributed by atoms with van der Waals surface area (Å²) in [5.41, 5.74) is 3.12. The normalized spacial score (nSPS) is 21.2. The van der Waals surface area contributed by atoms with Crippen LogP contribution in [-0.2, 0) is 16.1 Å². The smallest absolute Gasteiger partial charge is 0.230 e. The van der Waals surface area contributed by atoms with Gasteiger partial charge in [0.1, 0.15) is 11.6 Å². The zero-order chi connectivity index (χ0) is 28.6. The Morgan fingerprint density at radius 1 is 0.949 bits per heavy atom. The maximum Gasteiger partial charge on any atom is 0.230 e. The first-order valence-electron chi connectivity index (χ1n) is 14.0. The molecule has 2 fully saturated rings. The van der Waals surface area contributed by atoms with E-state index in [1.807, 2.05) is 43.3 Å². The van der Waals surface area contributed by atoms with E-state index in [0.717, 1.165) is 36.9 Å². The van der Waals surface area contributed by atoms with Gasteiger partial charge in [-0.05, 0) is 97.2 Å². The lowest BCUT2D eigenvalue weighted by Crippen LogP contribution is -2.38. The van der Waals surface area contributed by atoms with Gasteiger partial charge in [0.25, 0.3) is 0 Å². The molecule has 3 aromatic carbocycles. The predicted molar refractivity (Wildman–Crippen MR) is 152 cm³/mol. The quantitative estimate of drug-likeness (QED) is 0.288. The third-order valence-electron chi connectivity index (χ3n) is 7.97. The number of benzene rings is 3. The van der Waals surface area contributed by atoms with Crippen LogP contribution in [0.15, 0.2) is 66.7 Å². The van der Waals surface area contributed by atoms with Gasteiger partial charge in [-0.3, -0.25) is 9.59 Å². The van der Waals surface area contributed by atoms with E-state index in [9.17, 15) is 14.0 Å². The Bertz CT molecular complexity index is 1450. The molecule has 1 amide bonds. The van der Waals surface area contributed by atoms with Gasteiger partial charge in [0.15, 0.2) is 5.78 Å². The van der Waals surface area contributed by atoms with E-state index in [2.05, 4.69) is 0 Å². The molecule has 202 valence electrons. The largest absolute Gasteiger partial charge is 0.378 e. The molecule has 2 aliphatic carbocycles. The average Bonchev–Trinajstić information content (AvgIpc) is 3.56. The van der Waals surface area contributed by atoms with Crippen LogP contribution in [-0.4, -0.2) is 25.8 Å². The van der Waals surface area contributed by atoms with Gasteiger partial charge in [0, 0.05) is 37.0 Å². The zero-order valence-corrected chi connectivity index (χ0v) is 22.5. The van der Waals surface area contributed by atoms with Crippen LogP contribution in [0.5, 0.6) is 0 Å². The van der Waals surface area contributed by atoms with Crippen LogP contribution in [0.3, 0.4) is 0 Å². The van der Waals surface area contributed by atoms with Crippen molar-refractivity contribution in [3.63, 3.8) is 0 Å². The molecule has 4 atom stereocenters. The Morgan fingerprint density at radius 2 is 1.69 bits per heavy atom. The first-order valence-corrected chi connectivity index (χ1v) is 13.4. The molecule has 0 aromatic heterocycles. The number of carbonyl (C=O) groups is 2. The highest BCUT2D eigenvalue weighted by Crippen LogP contribution is 2.49. The molecule has 0 heterocycles. The number of anilines is 2. The first-order chi connectivity index (χ1) is 19.1. The second kappa shape index (κ2) is 11.1. The molecule has 2 bridgehead atoms. The fourth-order valence-electron chi connectivity index (χ4n) is 5.94. The van der Waals surface area contributed by atoms with E-state index in [1.165, 1.54) is 42.2 Å². The van der Waals surface area contributed by atoms with Crippen LogP contribution in [0.25, 0.3) is 17.2 Å². The molecule has 5 rings (SSSR count). The van der Waals surface area contributed by atoms with Crippen molar-refractivity contribution in [2.75, 3.05) is 23.9 Å². The monoisotopic (exact) mass is 529 g/mol. The van der Waals surface area contributed by atoms with E-state index in [-0.39, 0.29) is 34.8 Å². The maximum absolute atomic E-state index is 15.6. The number of allylic oxidation sites excluding steroid dienone is 1. The van der Waals surface area contributed by atoms with Gasteiger partial charge in [-0.15, -0.1) is 0 Å². The minimum absolute atomic E-state index is 0.0373. The second-order valence-corrected chi connectivity index (χ2v) is 11.0. The van der Waals surface area contributed by atoms with Crippen LogP contribution < -0.4 is 9.80 Å². The molecule has 2 aliphatic rings. The van der Waals surface area contributed by atoms with E-state index in [1.54, 1.807) is 18.2 Å². The van der Waals surface area contributed by atoms with E-state index in [4.69, 9.17) is 1.37 Å². The fourth-order valence-corrected chi connectivity index (χ4v) is 5.94. The predicted octanol–water partition coefficient (Wildman–Crippen LogP) is 7.27. The second-order valence-electron chi connectivity index (χ2n) is 11.0. The molecule has 0 saturated heterocycles. The summed E-state index contributed by atoms with van der Waals surface area (Å²) in [7, 11) is 3.89. The van der Waals surface area contributed by atoms with Gasteiger partial charge in [0.2, 0.25) is 5.91 Å². The number of hydrogen-bond donors (Lipinski definition) is 0. The van der Waals surface area contributed by atoms with E-state index < -0.39 is 18.2 Å². The number of halogens is 2. The lowest BCUT2D eigenvalue weighted by Gasteiger charge is -2.30. The van der Waals surface area contributed by atoms with Crippen LogP contribution >= 0.6 is 0 Å². The number of hydrogen-bond acceptors (Lipinski definition) is 3. The minimum atomic E-state index is -1.41. The van der Waals surface area contributed by atoms with Crippen molar-refractivity contribution in [2.45, 2.75) is 39.1 Å². The number of carbonyl (C=O) groups excluding carboxylic acids is 2. The number of nitrogens with zero attached hydrogens (tertiary/aromatic N) is 2. The van der Waals surface area contributed by atoms with Crippen molar-refractivity contribution in [3.05, 3.63) is 89.5 Å². The van der Waals surface area contributed by atoms with Gasteiger partial charge in [-0.25, -0.2) is 8.78 Å². The molecule has 2 saturated carbocycles. The zero-order valence-electron chi connectivity index (χ0n) is 23.5. The third kappa shape index (κ3) is 5.95. The first kappa shape index (κ1) is 25.5. The number of rotatable bonds is 8. The van der Waals surface area contributed by atoms with Gasteiger partial charge in [-0.1, -0.05) is 36.8 Å². The molecule has 0 spiro atoms. The summed E-state index contributed by atoms with van der Waals surface area (Å²) in [6.45, 7) is -0.0203. The van der Waals surface area contributed by atoms with Crippen molar-refractivity contribution in [3.8, 4) is 11.1 Å². The average molecular weight is 530 g/mol. The molecule has 39 heavy (non-hydrogen) atoms. The minimum Gasteiger partial charge on any atom is -0.378 e. The van der Waals surface area contributed by atoms with Crippen LogP contribution in [0.1, 0.15) is 45.1 Å². The number of ketones is 1. The van der Waals surface area contributed by atoms with Crippen LogP contribution in [0.2, 0.25) is 0 Å². The molecule has 3 aromatic rings. The molecule has 6 heteroatoms. The summed E-state index contributed by atoms with van der Waals surface area (Å²) < 4.78 is 39.5. The molecule has 4 nitrogen and oxygen atoms in total. The molecule has 0 radical (unpaired) electrons. The van der Waals surface area contributed by atoms with Gasteiger partial charge < -0.3 is 9.80 Å². The van der Waals surface area contributed by atoms with Crippen LogP contribution in [0.4, 0.5) is 20.2 Å². The number of amides is 1. The third-order valence-corrected chi connectivity index (χ3v) is 7.97. The van der Waals surface area contributed by atoms with Crippen LogP contribution in [0, 0.1) is 29.4 Å². The Kier molecular flexibility index (Phi) is 7.27. The molecular weight excluding hydrogens is 494 g/mol. The molecule has 0 unspecified atom stereocenters. The summed E-state index contributed by atoms with van der Waals surface area (Å²) in [4.78, 5) is 28.7. The van der Waals surface area contributed by atoms with Gasteiger partial charge >= 0.3 is 0 Å². The van der Waals surface area contributed by atoms with Crippen molar-refractivity contribution < 1.29 is 19.7 Å². The fraction of sp³-hybridized carbons (Fsp3) is 0.333. The van der Waals surface area contributed by atoms with Gasteiger partial charge in [-0.2, -0.15) is 0 Å². The topological polar surface area (TPSA) is 40.6 Å². The summed E-state index contributed by atoms with van der Waals surface area (Å²) in [6, 6.07) is 16.4. The number of fused-ring (bicyclic) bond motifs is 2. The SMILES string of the molecule is [2H][C@H](c1ccc(-c2ccc(N(C)C)cc2)cc1F)N(C(=O)[C@H]1C[C@H]2CC[C@@H]1C2)c1cc(F)cc(/C=C/C(C)=O)c1. The summed E-state index contributed by atoms with van der Waals surface area (Å²) >= 11 is 0. The molecule has 0 aliphatic heterocycles.